The number of fused-ring (bicyclic) bond motifs is 1. The van der Waals surface area contributed by atoms with Crippen LogP contribution in [0.25, 0.3) is 11.0 Å². The molecule has 4 aromatic rings. The van der Waals surface area contributed by atoms with E-state index >= 15 is 0 Å². The number of rotatable bonds is 11. The van der Waals surface area contributed by atoms with Gasteiger partial charge >= 0.3 is 6.03 Å². The molecular formula is C37H43ClN8O5S. The van der Waals surface area contributed by atoms with Gasteiger partial charge in [-0.2, -0.15) is 4.98 Å². The number of carbonyl (C=O) groups is 2. The van der Waals surface area contributed by atoms with E-state index in [9.17, 15) is 22.8 Å². The first kappa shape index (κ1) is 35.9. The molecule has 3 fully saturated rings. The molecule has 7 rings (SSSR count). The lowest BCUT2D eigenvalue weighted by molar-refractivity contribution is -0.120. The number of hydrogen-bond donors (Lipinski definition) is 3. The maximum Gasteiger partial charge on any atom is 0.328 e. The lowest BCUT2D eigenvalue weighted by Gasteiger charge is -2.34. The van der Waals surface area contributed by atoms with Crippen molar-refractivity contribution in [3.05, 3.63) is 75.7 Å². The number of nitrogens with zero attached hydrogens (tertiary/aromatic N) is 5. The molecule has 3 amide bonds. The van der Waals surface area contributed by atoms with Crippen molar-refractivity contribution in [1.29, 1.82) is 0 Å². The molecule has 13 nitrogen and oxygen atoms in total. The molecule has 2 aromatic heterocycles. The third-order valence-electron chi connectivity index (χ3n) is 10.5. The zero-order valence-electron chi connectivity index (χ0n) is 29.1. The Labute approximate surface area is 307 Å². The Kier molecular flexibility index (Phi) is 10.5. The van der Waals surface area contributed by atoms with Crippen LogP contribution in [0, 0.1) is 12.8 Å². The smallest absolute Gasteiger partial charge is 0.328 e. The van der Waals surface area contributed by atoms with Gasteiger partial charge in [-0.25, -0.2) is 22.9 Å². The molecule has 2 saturated heterocycles. The quantitative estimate of drug-likeness (QED) is 0.156. The molecule has 274 valence electrons. The molecule has 0 radical (unpaired) electrons. The second-order valence-electron chi connectivity index (χ2n) is 13.9. The van der Waals surface area contributed by atoms with Crippen molar-refractivity contribution in [2.45, 2.75) is 75.6 Å². The summed E-state index contributed by atoms with van der Waals surface area (Å²) in [6.07, 6.45) is 9.57. The van der Waals surface area contributed by atoms with Crippen molar-refractivity contribution in [2.24, 2.45) is 5.92 Å². The number of nitrogens with one attached hydrogen (secondary N) is 3. The summed E-state index contributed by atoms with van der Waals surface area (Å²) in [6, 6.07) is 14.0. The summed E-state index contributed by atoms with van der Waals surface area (Å²) in [6.45, 7) is 4.38. The second-order valence-corrected chi connectivity index (χ2v) is 16.1. The Balaban J connectivity index is 0.895. The largest absolute Gasteiger partial charge is 0.372 e. The van der Waals surface area contributed by atoms with Crippen LogP contribution in [0.3, 0.4) is 0 Å². The van der Waals surface area contributed by atoms with Crippen LogP contribution < -0.4 is 30.7 Å². The Morgan fingerprint density at radius 2 is 1.67 bits per heavy atom. The Morgan fingerprint density at radius 3 is 2.38 bits per heavy atom. The van der Waals surface area contributed by atoms with E-state index < -0.39 is 10.0 Å². The van der Waals surface area contributed by atoms with Crippen LogP contribution >= 0.6 is 11.6 Å². The summed E-state index contributed by atoms with van der Waals surface area (Å²) in [5.41, 5.74) is 3.52. The molecule has 3 N–H and O–H groups in total. The molecule has 2 aromatic carbocycles. The van der Waals surface area contributed by atoms with E-state index in [0.29, 0.717) is 53.7 Å². The van der Waals surface area contributed by atoms with Crippen LogP contribution in [-0.2, 0) is 14.8 Å². The van der Waals surface area contributed by atoms with Crippen LogP contribution in [-0.4, -0.2) is 61.1 Å². The number of halogens is 1. The van der Waals surface area contributed by atoms with Crippen molar-refractivity contribution < 1.29 is 18.0 Å². The summed E-state index contributed by atoms with van der Waals surface area (Å²) < 4.78 is 30.8. The third-order valence-corrected chi connectivity index (χ3v) is 12.2. The van der Waals surface area contributed by atoms with E-state index in [1.807, 2.05) is 31.2 Å². The van der Waals surface area contributed by atoms with Crippen LogP contribution in [0.4, 0.5) is 27.8 Å². The van der Waals surface area contributed by atoms with Gasteiger partial charge in [-0.3, -0.25) is 24.4 Å². The summed E-state index contributed by atoms with van der Waals surface area (Å²) in [7, 11) is -3.70. The highest BCUT2D eigenvalue weighted by Gasteiger charge is 2.26. The molecule has 0 bridgehead atoms. The number of carbonyl (C=O) groups excluding carboxylic acids is 2. The Morgan fingerprint density at radius 1 is 0.942 bits per heavy atom. The van der Waals surface area contributed by atoms with Gasteiger partial charge in [-0.1, -0.05) is 24.4 Å². The predicted octanol–water partition coefficient (Wildman–Crippen LogP) is 6.03. The third kappa shape index (κ3) is 7.79. The van der Waals surface area contributed by atoms with E-state index in [-0.39, 0.29) is 33.5 Å². The molecular weight excluding hydrogens is 704 g/mol. The van der Waals surface area contributed by atoms with Gasteiger partial charge in [0.25, 0.3) is 5.56 Å². The number of anilines is 4. The number of imide groups is 1. The lowest BCUT2D eigenvalue weighted by atomic mass is 9.92. The average molecular weight is 747 g/mol. The fourth-order valence-corrected chi connectivity index (χ4v) is 8.89. The molecule has 0 unspecified atom stereocenters. The number of hydrogen-bond acceptors (Lipinski definition) is 9. The van der Waals surface area contributed by atoms with Crippen LogP contribution in [0.1, 0.15) is 69.4 Å². The Bertz CT molecular complexity index is 2150. The number of pyridine rings is 1. The van der Waals surface area contributed by atoms with E-state index in [4.69, 9.17) is 11.6 Å². The van der Waals surface area contributed by atoms with Gasteiger partial charge in [0.1, 0.15) is 10.7 Å². The number of aryl methyl sites for hydroxylation is 1. The predicted molar refractivity (Wildman–Crippen MR) is 202 cm³/mol. The highest BCUT2D eigenvalue weighted by Crippen LogP contribution is 2.32. The van der Waals surface area contributed by atoms with Crippen molar-refractivity contribution in [2.75, 3.05) is 41.3 Å². The van der Waals surface area contributed by atoms with E-state index in [1.165, 1.54) is 0 Å². The minimum atomic E-state index is -3.70. The molecule has 52 heavy (non-hydrogen) atoms. The van der Waals surface area contributed by atoms with Gasteiger partial charge in [0.05, 0.1) is 4.90 Å². The number of amides is 3. The monoisotopic (exact) mass is 746 g/mol. The average Bonchev–Trinajstić information content (AvgIpc) is 3.67. The van der Waals surface area contributed by atoms with Gasteiger partial charge in [-0.05, 0) is 105 Å². The fraction of sp³-hybridized carbons (Fsp3) is 0.432. The van der Waals surface area contributed by atoms with Crippen LogP contribution in [0.15, 0.2) is 64.4 Å². The first-order chi connectivity index (χ1) is 25.1. The Hall–Kier alpha value is -4.53. The SMILES string of the molecule is Cc1cc(S(=O)(=O)NCCCC2CCN(c3ccc(N4CCC(=O)NC4=O)cc3)CC2)ccc1Nc1ncc2cc(Cl)c(=O)n(C3CCCC3)c2n1. The van der Waals surface area contributed by atoms with E-state index in [0.717, 1.165) is 75.8 Å². The lowest BCUT2D eigenvalue weighted by Crippen LogP contribution is -2.49. The molecule has 1 aliphatic carbocycles. The molecule has 2 aliphatic heterocycles. The second kappa shape index (κ2) is 15.2. The summed E-state index contributed by atoms with van der Waals surface area (Å²) in [4.78, 5) is 49.8. The minimum Gasteiger partial charge on any atom is -0.372 e. The molecule has 3 aliphatic rings. The maximum absolute atomic E-state index is 13.2. The number of urea groups is 1. The summed E-state index contributed by atoms with van der Waals surface area (Å²) >= 11 is 6.26. The topological polar surface area (TPSA) is 159 Å². The van der Waals surface area contributed by atoms with Gasteiger partial charge in [0.15, 0.2) is 0 Å². The van der Waals surface area contributed by atoms with Gasteiger partial charge in [0, 0.05) is 67.3 Å². The highest BCUT2D eigenvalue weighted by molar-refractivity contribution is 7.89. The summed E-state index contributed by atoms with van der Waals surface area (Å²) in [5, 5.41) is 6.39. The number of benzene rings is 2. The molecule has 0 atom stereocenters. The van der Waals surface area contributed by atoms with Gasteiger partial charge in [-0.15, -0.1) is 0 Å². The number of piperidine rings is 1. The van der Waals surface area contributed by atoms with Gasteiger partial charge < -0.3 is 10.2 Å². The molecule has 1 saturated carbocycles. The maximum atomic E-state index is 13.2. The van der Waals surface area contributed by atoms with Crippen molar-refractivity contribution in [3.63, 3.8) is 0 Å². The first-order valence-corrected chi connectivity index (χ1v) is 19.8. The van der Waals surface area contributed by atoms with Crippen molar-refractivity contribution in [1.82, 2.24) is 24.6 Å². The number of sulfonamides is 1. The van der Waals surface area contributed by atoms with Crippen molar-refractivity contribution in [3.8, 4) is 0 Å². The zero-order valence-corrected chi connectivity index (χ0v) is 30.7. The van der Waals surface area contributed by atoms with E-state index in [1.54, 1.807) is 39.9 Å². The fourth-order valence-electron chi connectivity index (χ4n) is 7.53. The standard InChI is InChI=1S/C37H43ClN8O5S/c1-24-21-30(12-13-32(24)41-36-39-23-26-22-31(38)35(48)46(34(26)43-36)29-6-2-3-7-29)52(50,51)40-17-4-5-25-14-18-44(19-15-25)27-8-10-28(11-9-27)45-20-16-33(47)42-37(45)49/h8-13,21-23,25,29,40H,2-7,14-20H2,1H3,(H,39,41,43)(H,42,47,49). The highest BCUT2D eigenvalue weighted by atomic mass is 35.5. The van der Waals surface area contributed by atoms with E-state index in [2.05, 4.69) is 30.2 Å². The van der Waals surface area contributed by atoms with Crippen molar-refractivity contribution >= 4 is 67.6 Å². The molecule has 4 heterocycles. The minimum absolute atomic E-state index is 0.0481. The normalized spacial score (nSPS) is 17.6. The summed E-state index contributed by atoms with van der Waals surface area (Å²) in [5.74, 6) is 0.580. The molecule has 0 spiro atoms. The zero-order chi connectivity index (χ0) is 36.4. The van der Waals surface area contributed by atoms with Gasteiger partial charge in [0.2, 0.25) is 21.9 Å². The van der Waals surface area contributed by atoms with Crippen LogP contribution in [0.5, 0.6) is 0 Å². The van der Waals surface area contributed by atoms with Crippen LogP contribution in [0.2, 0.25) is 5.02 Å². The number of aromatic nitrogens is 3. The molecule has 15 heteroatoms. The first-order valence-electron chi connectivity index (χ1n) is 18.0.